The molecular formula is C19H19ClN2O. The zero-order chi connectivity index (χ0) is 16.6. The number of fused-ring (bicyclic) bond motifs is 1. The lowest BCUT2D eigenvalue weighted by Crippen LogP contribution is -2.15. The number of pyridine rings is 1. The van der Waals surface area contributed by atoms with E-state index in [-0.39, 0.29) is 5.56 Å². The summed E-state index contributed by atoms with van der Waals surface area (Å²) in [5, 5.41) is 4.98. The Morgan fingerprint density at radius 2 is 1.70 bits per heavy atom. The molecule has 0 amide bonds. The van der Waals surface area contributed by atoms with Crippen molar-refractivity contribution in [1.29, 1.82) is 0 Å². The molecule has 23 heavy (non-hydrogen) atoms. The van der Waals surface area contributed by atoms with Crippen LogP contribution in [-0.4, -0.2) is 4.98 Å². The number of anilines is 1. The van der Waals surface area contributed by atoms with Crippen LogP contribution >= 0.6 is 11.6 Å². The molecule has 1 heterocycles. The Balaban J connectivity index is 1.92. The maximum absolute atomic E-state index is 12.2. The molecule has 0 aliphatic rings. The van der Waals surface area contributed by atoms with Crippen LogP contribution in [0.4, 0.5) is 5.69 Å². The van der Waals surface area contributed by atoms with Crippen LogP contribution in [0.15, 0.2) is 41.2 Å². The summed E-state index contributed by atoms with van der Waals surface area (Å²) in [7, 11) is 0. The Morgan fingerprint density at radius 3 is 2.39 bits per heavy atom. The van der Waals surface area contributed by atoms with Crippen molar-refractivity contribution in [3.8, 4) is 0 Å². The molecule has 0 aliphatic carbocycles. The summed E-state index contributed by atoms with van der Waals surface area (Å²) >= 11 is 6.12. The zero-order valence-corrected chi connectivity index (χ0v) is 14.2. The van der Waals surface area contributed by atoms with E-state index in [1.165, 1.54) is 11.1 Å². The number of hydrogen-bond acceptors (Lipinski definition) is 2. The number of benzene rings is 2. The summed E-state index contributed by atoms with van der Waals surface area (Å²) in [5.74, 6) is 0. The van der Waals surface area contributed by atoms with E-state index in [9.17, 15) is 4.79 Å². The fraction of sp³-hybridized carbons (Fsp3) is 0.211. The molecule has 0 atom stereocenters. The van der Waals surface area contributed by atoms with Gasteiger partial charge >= 0.3 is 0 Å². The molecule has 2 N–H and O–H groups in total. The molecule has 0 fully saturated rings. The van der Waals surface area contributed by atoms with Gasteiger partial charge in [-0.25, -0.2) is 0 Å². The Hall–Kier alpha value is -2.26. The highest BCUT2D eigenvalue weighted by Crippen LogP contribution is 2.22. The summed E-state index contributed by atoms with van der Waals surface area (Å²) in [6, 6.07) is 12.0. The lowest BCUT2D eigenvalue weighted by Gasteiger charge is -2.10. The van der Waals surface area contributed by atoms with Crippen LogP contribution in [0.25, 0.3) is 10.9 Å². The van der Waals surface area contributed by atoms with E-state index in [0.29, 0.717) is 17.1 Å². The highest BCUT2D eigenvalue weighted by atomic mass is 35.5. The van der Waals surface area contributed by atoms with Crippen LogP contribution in [0.5, 0.6) is 0 Å². The molecule has 3 nitrogen and oxygen atoms in total. The molecule has 4 heteroatoms. The first-order chi connectivity index (χ1) is 10.9. The fourth-order valence-corrected chi connectivity index (χ4v) is 2.96. The summed E-state index contributed by atoms with van der Waals surface area (Å²) in [5.41, 5.74) is 5.80. The first-order valence-electron chi connectivity index (χ1n) is 7.56. The van der Waals surface area contributed by atoms with Crippen molar-refractivity contribution in [1.82, 2.24) is 4.98 Å². The molecule has 0 saturated carbocycles. The number of nitrogens with one attached hydrogen (secondary N) is 2. The Bertz CT molecular complexity index is 924. The SMILES string of the molecule is Cc1cc(C)cc(NCc2cc3cc(C)c(Cl)cc3[nH]c2=O)c1. The molecule has 3 rings (SSSR count). The van der Waals surface area contributed by atoms with Gasteiger partial charge in [-0.05, 0) is 73.2 Å². The van der Waals surface area contributed by atoms with Gasteiger partial charge in [0.1, 0.15) is 0 Å². The molecule has 0 bridgehead atoms. The molecule has 0 radical (unpaired) electrons. The molecule has 0 spiro atoms. The second-order valence-corrected chi connectivity index (χ2v) is 6.45. The van der Waals surface area contributed by atoms with Crippen molar-refractivity contribution in [3.05, 3.63) is 74.0 Å². The molecule has 0 unspecified atom stereocenters. The highest BCUT2D eigenvalue weighted by molar-refractivity contribution is 6.32. The Morgan fingerprint density at radius 1 is 1.00 bits per heavy atom. The first kappa shape index (κ1) is 15.6. The number of hydrogen-bond donors (Lipinski definition) is 2. The van der Waals surface area contributed by atoms with Crippen LogP contribution in [0, 0.1) is 20.8 Å². The molecule has 3 aromatic rings. The monoisotopic (exact) mass is 326 g/mol. The number of aromatic amines is 1. The third-order valence-corrected chi connectivity index (χ3v) is 4.31. The van der Waals surface area contributed by atoms with E-state index in [0.717, 1.165) is 22.2 Å². The van der Waals surface area contributed by atoms with Gasteiger partial charge in [0.2, 0.25) is 0 Å². The average Bonchev–Trinajstić information content (AvgIpc) is 2.46. The van der Waals surface area contributed by atoms with E-state index in [1.54, 1.807) is 6.07 Å². The molecule has 0 aliphatic heterocycles. The topological polar surface area (TPSA) is 44.9 Å². The van der Waals surface area contributed by atoms with Gasteiger partial charge in [0.15, 0.2) is 0 Å². The van der Waals surface area contributed by atoms with E-state index in [2.05, 4.69) is 42.3 Å². The molecule has 2 aromatic carbocycles. The smallest absolute Gasteiger partial charge is 0.253 e. The summed E-state index contributed by atoms with van der Waals surface area (Å²) in [6.07, 6.45) is 0. The van der Waals surface area contributed by atoms with Gasteiger partial charge in [0.05, 0.1) is 0 Å². The number of aromatic nitrogens is 1. The van der Waals surface area contributed by atoms with Crippen molar-refractivity contribution >= 4 is 28.2 Å². The van der Waals surface area contributed by atoms with Crippen LogP contribution in [0.2, 0.25) is 5.02 Å². The number of aryl methyl sites for hydroxylation is 3. The summed E-state index contributed by atoms with van der Waals surface area (Å²) < 4.78 is 0. The van der Waals surface area contributed by atoms with Gasteiger partial charge in [-0.3, -0.25) is 4.79 Å². The second-order valence-electron chi connectivity index (χ2n) is 6.04. The second kappa shape index (κ2) is 6.09. The lowest BCUT2D eigenvalue weighted by molar-refractivity contribution is 1.09. The van der Waals surface area contributed by atoms with Crippen molar-refractivity contribution in [2.24, 2.45) is 0 Å². The van der Waals surface area contributed by atoms with Crippen molar-refractivity contribution in [3.63, 3.8) is 0 Å². The van der Waals surface area contributed by atoms with Crippen molar-refractivity contribution in [2.45, 2.75) is 27.3 Å². The summed E-state index contributed by atoms with van der Waals surface area (Å²) in [6.45, 7) is 6.57. The minimum atomic E-state index is -0.0886. The van der Waals surface area contributed by atoms with Gasteiger partial charge < -0.3 is 10.3 Å². The lowest BCUT2D eigenvalue weighted by atomic mass is 10.1. The normalized spacial score (nSPS) is 11.0. The molecule has 1 aromatic heterocycles. The van der Waals surface area contributed by atoms with Gasteiger partial charge in [0.25, 0.3) is 5.56 Å². The van der Waals surface area contributed by atoms with Crippen LogP contribution in [0.3, 0.4) is 0 Å². The number of halogens is 1. The largest absolute Gasteiger partial charge is 0.381 e. The van der Waals surface area contributed by atoms with E-state index >= 15 is 0 Å². The molecule has 0 saturated heterocycles. The molecule has 118 valence electrons. The van der Waals surface area contributed by atoms with Crippen LogP contribution < -0.4 is 10.9 Å². The van der Waals surface area contributed by atoms with Gasteiger partial charge in [-0.1, -0.05) is 17.7 Å². The predicted octanol–water partition coefficient (Wildman–Crippen LogP) is 4.72. The van der Waals surface area contributed by atoms with Crippen molar-refractivity contribution in [2.75, 3.05) is 5.32 Å². The van der Waals surface area contributed by atoms with Crippen LogP contribution in [0.1, 0.15) is 22.3 Å². The number of rotatable bonds is 3. The Labute approximate surface area is 140 Å². The minimum absolute atomic E-state index is 0.0886. The first-order valence-corrected chi connectivity index (χ1v) is 7.94. The highest BCUT2D eigenvalue weighted by Gasteiger charge is 2.06. The predicted molar refractivity (Wildman–Crippen MR) is 97.6 cm³/mol. The average molecular weight is 327 g/mol. The summed E-state index contributed by atoms with van der Waals surface area (Å²) in [4.78, 5) is 15.2. The van der Waals surface area contributed by atoms with E-state index in [4.69, 9.17) is 11.6 Å². The number of H-pyrrole nitrogens is 1. The third kappa shape index (κ3) is 3.40. The van der Waals surface area contributed by atoms with Gasteiger partial charge in [0, 0.05) is 28.3 Å². The fourth-order valence-electron chi connectivity index (χ4n) is 2.79. The van der Waals surface area contributed by atoms with E-state index < -0.39 is 0 Å². The standard InChI is InChI=1S/C19H19ClN2O/c1-11-4-12(2)6-16(5-11)21-10-15-8-14-7-13(3)17(20)9-18(14)22-19(15)23/h4-9,21H,10H2,1-3H3,(H,22,23). The quantitative estimate of drug-likeness (QED) is 0.731. The zero-order valence-electron chi connectivity index (χ0n) is 13.5. The third-order valence-electron chi connectivity index (χ3n) is 3.91. The van der Waals surface area contributed by atoms with Crippen LogP contribution in [-0.2, 0) is 6.54 Å². The van der Waals surface area contributed by atoms with Gasteiger partial charge in [-0.2, -0.15) is 0 Å². The minimum Gasteiger partial charge on any atom is -0.381 e. The maximum Gasteiger partial charge on any atom is 0.253 e. The van der Waals surface area contributed by atoms with Crippen molar-refractivity contribution < 1.29 is 0 Å². The van der Waals surface area contributed by atoms with Gasteiger partial charge in [-0.15, -0.1) is 0 Å². The maximum atomic E-state index is 12.2. The molecular weight excluding hydrogens is 308 g/mol. The van der Waals surface area contributed by atoms with E-state index in [1.807, 2.05) is 19.1 Å². The Kier molecular flexibility index (Phi) is 4.14.